The Morgan fingerprint density at radius 1 is 1.00 bits per heavy atom. The van der Waals surface area contributed by atoms with Gasteiger partial charge in [-0.2, -0.15) is 0 Å². The minimum atomic E-state index is -0.248. The number of rotatable bonds is 2. The second-order valence-corrected chi connectivity index (χ2v) is 6.25. The molecule has 3 rings (SSSR count). The highest BCUT2D eigenvalue weighted by Gasteiger charge is 2.28. The molecule has 1 amide bonds. The van der Waals surface area contributed by atoms with Gasteiger partial charge in [0.2, 0.25) is 0 Å². The van der Waals surface area contributed by atoms with Crippen LogP contribution in [0.25, 0.3) is 0 Å². The lowest BCUT2D eigenvalue weighted by Gasteiger charge is -2.39. The zero-order valence-electron chi connectivity index (χ0n) is 13.0. The van der Waals surface area contributed by atoms with Crippen molar-refractivity contribution in [1.82, 2.24) is 9.80 Å². The van der Waals surface area contributed by atoms with Crippen molar-refractivity contribution >= 4 is 11.8 Å². The van der Waals surface area contributed by atoms with Crippen LogP contribution in [0.2, 0.25) is 0 Å². The van der Waals surface area contributed by atoms with Crippen molar-refractivity contribution in [1.29, 1.82) is 0 Å². The first-order chi connectivity index (χ1) is 10.7. The number of carbonyl (C=O) groups excluding carboxylic acids is 1. The molecule has 120 valence electrons. The third-order valence-electron chi connectivity index (χ3n) is 4.71. The summed E-state index contributed by atoms with van der Waals surface area (Å²) in [5, 5.41) is 0. The summed E-state index contributed by atoms with van der Waals surface area (Å²) in [7, 11) is 0. The van der Waals surface area contributed by atoms with Crippen LogP contribution in [0, 0.1) is 0 Å². The maximum atomic E-state index is 12.2. The van der Waals surface area contributed by atoms with Gasteiger partial charge in [0.15, 0.2) is 0 Å². The van der Waals surface area contributed by atoms with E-state index < -0.39 is 0 Å². The number of anilines is 1. The van der Waals surface area contributed by atoms with Crippen molar-refractivity contribution in [2.75, 3.05) is 31.9 Å². The van der Waals surface area contributed by atoms with Gasteiger partial charge in [-0.3, -0.25) is 0 Å². The molecule has 0 atom stereocenters. The number of nitrogens with zero attached hydrogens (tertiary/aromatic N) is 2. The van der Waals surface area contributed by atoms with Crippen molar-refractivity contribution in [2.24, 2.45) is 0 Å². The lowest BCUT2D eigenvalue weighted by molar-refractivity contribution is 0.0878. The summed E-state index contributed by atoms with van der Waals surface area (Å²) in [6.45, 7) is 4.02. The van der Waals surface area contributed by atoms with Gasteiger partial charge in [0.05, 0.1) is 0 Å². The van der Waals surface area contributed by atoms with Gasteiger partial charge in [-0.25, -0.2) is 4.79 Å². The number of amides is 1. The summed E-state index contributed by atoms with van der Waals surface area (Å²) in [6, 6.07) is 7.58. The fourth-order valence-electron chi connectivity index (χ4n) is 3.40. The van der Waals surface area contributed by atoms with Gasteiger partial charge in [-0.1, -0.05) is 6.42 Å². The summed E-state index contributed by atoms with van der Waals surface area (Å²) < 4.78 is 5.41. The second-order valence-electron chi connectivity index (χ2n) is 6.25. The first kappa shape index (κ1) is 15.2. The molecule has 1 aromatic carbocycles. The monoisotopic (exact) mass is 303 g/mol. The maximum absolute atomic E-state index is 12.2. The van der Waals surface area contributed by atoms with Gasteiger partial charge >= 0.3 is 6.09 Å². The summed E-state index contributed by atoms with van der Waals surface area (Å²) in [5.41, 5.74) is 6.30. The van der Waals surface area contributed by atoms with Gasteiger partial charge in [-0.15, -0.1) is 0 Å². The van der Waals surface area contributed by atoms with E-state index in [0.717, 1.165) is 25.9 Å². The first-order valence-corrected chi connectivity index (χ1v) is 8.29. The van der Waals surface area contributed by atoms with Crippen LogP contribution in [0.1, 0.15) is 32.1 Å². The molecule has 0 aromatic heterocycles. The summed E-state index contributed by atoms with van der Waals surface area (Å²) >= 11 is 0. The van der Waals surface area contributed by atoms with Crippen LogP contribution in [0.4, 0.5) is 10.5 Å². The highest BCUT2D eigenvalue weighted by molar-refractivity contribution is 5.71. The molecular weight excluding hydrogens is 278 g/mol. The number of likely N-dealkylation sites (tertiary alicyclic amines) is 2. The Bertz CT molecular complexity index is 489. The number of carbonyl (C=O) groups is 1. The number of hydrogen-bond donors (Lipinski definition) is 1. The quantitative estimate of drug-likeness (QED) is 0.854. The van der Waals surface area contributed by atoms with Gasteiger partial charge < -0.3 is 20.3 Å². The fourth-order valence-corrected chi connectivity index (χ4v) is 3.40. The van der Waals surface area contributed by atoms with Gasteiger partial charge in [-0.05, 0) is 63.0 Å². The minimum absolute atomic E-state index is 0.248. The lowest BCUT2D eigenvalue weighted by Crippen LogP contribution is -2.48. The van der Waals surface area contributed by atoms with E-state index in [9.17, 15) is 4.79 Å². The van der Waals surface area contributed by atoms with Crippen molar-refractivity contribution < 1.29 is 9.53 Å². The number of hydrogen-bond acceptors (Lipinski definition) is 4. The summed E-state index contributed by atoms with van der Waals surface area (Å²) in [5.74, 6) is 0.553. The molecule has 2 heterocycles. The normalized spacial score (nSPS) is 20.8. The van der Waals surface area contributed by atoms with Gasteiger partial charge in [0, 0.05) is 24.8 Å². The molecule has 0 spiro atoms. The van der Waals surface area contributed by atoms with Crippen molar-refractivity contribution in [2.45, 2.75) is 38.1 Å². The molecular formula is C17H25N3O2. The molecule has 0 unspecified atom stereocenters. The van der Waals surface area contributed by atoms with Crippen LogP contribution in [0.5, 0.6) is 5.75 Å². The molecule has 2 N–H and O–H groups in total. The SMILES string of the molecule is Nc1ccc(OC(=O)N2CCC(N3CCCCC3)CC2)cc1. The molecule has 2 fully saturated rings. The van der Waals surface area contributed by atoms with Crippen molar-refractivity contribution in [3.8, 4) is 5.75 Å². The van der Waals surface area contributed by atoms with Crippen molar-refractivity contribution in [3.05, 3.63) is 24.3 Å². The molecule has 0 aliphatic carbocycles. The van der Waals surface area contributed by atoms with Crippen LogP contribution < -0.4 is 10.5 Å². The Labute approximate surface area is 132 Å². The van der Waals surface area contributed by atoms with E-state index in [1.54, 1.807) is 24.3 Å². The van der Waals surface area contributed by atoms with E-state index in [4.69, 9.17) is 10.5 Å². The largest absolute Gasteiger partial charge is 0.415 e. The van der Waals surface area contributed by atoms with E-state index in [1.165, 1.54) is 32.4 Å². The Kier molecular flexibility index (Phi) is 4.83. The summed E-state index contributed by atoms with van der Waals surface area (Å²) in [6.07, 6.45) is 5.86. The zero-order valence-corrected chi connectivity index (χ0v) is 13.0. The molecule has 5 heteroatoms. The van der Waals surface area contributed by atoms with Crippen molar-refractivity contribution in [3.63, 3.8) is 0 Å². The molecule has 0 saturated carbocycles. The average molecular weight is 303 g/mol. The third kappa shape index (κ3) is 3.71. The first-order valence-electron chi connectivity index (χ1n) is 8.29. The number of benzene rings is 1. The molecule has 22 heavy (non-hydrogen) atoms. The predicted octanol–water partition coefficient (Wildman–Crippen LogP) is 2.72. The average Bonchev–Trinajstić information content (AvgIpc) is 2.58. The van der Waals surface area contributed by atoms with E-state index in [2.05, 4.69) is 4.90 Å². The topological polar surface area (TPSA) is 58.8 Å². The van der Waals surface area contributed by atoms with Crippen LogP contribution in [0.15, 0.2) is 24.3 Å². The lowest BCUT2D eigenvalue weighted by atomic mass is 10.0. The van der Waals surface area contributed by atoms with Crippen LogP contribution in [-0.4, -0.2) is 48.1 Å². The third-order valence-corrected chi connectivity index (χ3v) is 4.71. The number of nitrogens with two attached hydrogens (primary N) is 1. The van der Waals surface area contributed by atoms with Crippen LogP contribution in [0.3, 0.4) is 0 Å². The number of ether oxygens (including phenoxy) is 1. The molecule has 0 radical (unpaired) electrons. The Hall–Kier alpha value is -1.75. The fraction of sp³-hybridized carbons (Fsp3) is 0.588. The molecule has 2 aliphatic heterocycles. The highest BCUT2D eigenvalue weighted by Crippen LogP contribution is 2.22. The maximum Gasteiger partial charge on any atom is 0.415 e. The van der Waals surface area contributed by atoms with E-state index >= 15 is 0 Å². The second kappa shape index (κ2) is 7.01. The minimum Gasteiger partial charge on any atom is -0.410 e. The standard InChI is InChI=1S/C17H25N3O2/c18-14-4-6-16(7-5-14)22-17(21)20-12-8-15(9-13-20)19-10-2-1-3-11-19/h4-7,15H,1-3,8-13,18H2. The number of nitrogen functional groups attached to an aromatic ring is 1. The molecule has 2 saturated heterocycles. The van der Waals surface area contributed by atoms with Crippen LogP contribution >= 0.6 is 0 Å². The molecule has 0 bridgehead atoms. The molecule has 2 aliphatic rings. The summed E-state index contributed by atoms with van der Waals surface area (Å²) in [4.78, 5) is 16.6. The smallest absolute Gasteiger partial charge is 0.410 e. The highest BCUT2D eigenvalue weighted by atomic mass is 16.6. The van der Waals surface area contributed by atoms with E-state index in [-0.39, 0.29) is 6.09 Å². The molecule has 1 aromatic rings. The van der Waals surface area contributed by atoms with Gasteiger partial charge in [0.25, 0.3) is 0 Å². The Balaban J connectivity index is 1.48. The Morgan fingerprint density at radius 2 is 1.64 bits per heavy atom. The van der Waals surface area contributed by atoms with Crippen LogP contribution in [-0.2, 0) is 0 Å². The molecule has 5 nitrogen and oxygen atoms in total. The van der Waals surface area contributed by atoms with E-state index in [1.807, 2.05) is 4.90 Å². The Morgan fingerprint density at radius 3 is 2.27 bits per heavy atom. The van der Waals surface area contributed by atoms with E-state index in [0.29, 0.717) is 17.5 Å². The zero-order chi connectivity index (χ0) is 15.4. The predicted molar refractivity (Wildman–Crippen MR) is 86.9 cm³/mol. The number of piperidine rings is 2. The van der Waals surface area contributed by atoms with Gasteiger partial charge in [0.1, 0.15) is 5.75 Å².